The molecule has 0 amide bonds. The molecule has 1 aromatic carbocycles. The van der Waals surface area contributed by atoms with Crippen LogP contribution in [0.2, 0.25) is 0 Å². The van der Waals surface area contributed by atoms with Crippen molar-refractivity contribution in [1.29, 1.82) is 0 Å². The molecular weight excluding hydrogens is 265 g/mol. The molecule has 2 N–H and O–H groups in total. The van der Waals surface area contributed by atoms with Gasteiger partial charge in [0.25, 0.3) is 0 Å². The van der Waals surface area contributed by atoms with E-state index in [9.17, 15) is 4.39 Å². The molecule has 1 fully saturated rings. The van der Waals surface area contributed by atoms with Crippen LogP contribution >= 0.6 is 0 Å². The third-order valence-corrected chi connectivity index (χ3v) is 4.28. The fourth-order valence-electron chi connectivity index (χ4n) is 3.58. The molecule has 0 bridgehead atoms. The van der Waals surface area contributed by atoms with E-state index in [1.807, 2.05) is 12.1 Å². The summed E-state index contributed by atoms with van der Waals surface area (Å²) in [5.74, 6) is -0.179. The van der Waals surface area contributed by atoms with Gasteiger partial charge in [0.2, 0.25) is 0 Å². The first kappa shape index (κ1) is 16.2. The Bertz CT molecular complexity index is 442. The van der Waals surface area contributed by atoms with Gasteiger partial charge in [-0.25, -0.2) is 4.39 Å². The van der Waals surface area contributed by atoms with Crippen molar-refractivity contribution in [3.63, 3.8) is 0 Å². The van der Waals surface area contributed by atoms with Gasteiger partial charge in [0.1, 0.15) is 5.82 Å². The van der Waals surface area contributed by atoms with Crippen LogP contribution in [0.4, 0.5) is 10.1 Å². The second kappa shape index (κ2) is 6.32. The zero-order valence-corrected chi connectivity index (χ0v) is 13.6. The number of benzene rings is 1. The van der Waals surface area contributed by atoms with E-state index in [1.165, 1.54) is 12.1 Å². The lowest BCUT2D eigenvalue weighted by molar-refractivity contribution is 0.0766. The Labute approximate surface area is 127 Å². The summed E-state index contributed by atoms with van der Waals surface area (Å²) in [6.07, 6.45) is 0. The molecule has 0 radical (unpaired) electrons. The first-order chi connectivity index (χ1) is 9.79. The van der Waals surface area contributed by atoms with Crippen molar-refractivity contribution in [1.82, 2.24) is 4.90 Å². The number of piperazine rings is 1. The van der Waals surface area contributed by atoms with Crippen molar-refractivity contribution in [2.24, 2.45) is 11.1 Å². The molecule has 118 valence electrons. The predicted molar refractivity (Wildman–Crippen MR) is 87.1 cm³/mol. The molecule has 3 nitrogen and oxygen atoms in total. The van der Waals surface area contributed by atoms with Gasteiger partial charge in [-0.1, -0.05) is 20.8 Å². The fraction of sp³-hybridized carbons (Fsp3) is 0.647. The molecule has 2 atom stereocenters. The molecule has 1 aromatic rings. The Morgan fingerprint density at radius 1 is 1.05 bits per heavy atom. The summed E-state index contributed by atoms with van der Waals surface area (Å²) in [4.78, 5) is 4.82. The zero-order chi connectivity index (χ0) is 15.6. The van der Waals surface area contributed by atoms with Crippen molar-refractivity contribution in [3.8, 4) is 0 Å². The lowest BCUT2D eigenvalue weighted by Crippen LogP contribution is -2.59. The maximum atomic E-state index is 13.0. The van der Waals surface area contributed by atoms with Gasteiger partial charge in [-0.2, -0.15) is 0 Å². The maximum Gasteiger partial charge on any atom is 0.123 e. The number of halogens is 1. The highest BCUT2D eigenvalue weighted by atomic mass is 19.1. The molecule has 4 heteroatoms. The van der Waals surface area contributed by atoms with Crippen LogP contribution in [-0.4, -0.2) is 43.2 Å². The second-order valence-electron chi connectivity index (χ2n) is 7.17. The van der Waals surface area contributed by atoms with Gasteiger partial charge >= 0.3 is 0 Å². The quantitative estimate of drug-likeness (QED) is 0.930. The fourth-order valence-corrected chi connectivity index (χ4v) is 3.58. The van der Waals surface area contributed by atoms with Gasteiger partial charge in [-0.3, -0.25) is 4.90 Å². The van der Waals surface area contributed by atoms with Crippen molar-refractivity contribution in [3.05, 3.63) is 30.1 Å². The Balaban J connectivity index is 2.00. The SMILES string of the molecule is CC(N)C(N1CCN(c2ccc(F)cc2)CC1)C(C)(C)C. The van der Waals surface area contributed by atoms with E-state index in [4.69, 9.17) is 5.73 Å². The number of hydrogen-bond donors (Lipinski definition) is 1. The summed E-state index contributed by atoms with van der Waals surface area (Å²) in [5.41, 5.74) is 7.49. The molecular formula is C17H28FN3. The van der Waals surface area contributed by atoms with Crippen molar-refractivity contribution >= 4 is 5.69 Å². The number of nitrogens with two attached hydrogens (primary N) is 1. The third kappa shape index (κ3) is 3.95. The highest BCUT2D eigenvalue weighted by molar-refractivity contribution is 5.46. The summed E-state index contributed by atoms with van der Waals surface area (Å²) >= 11 is 0. The minimum atomic E-state index is -0.179. The third-order valence-electron chi connectivity index (χ3n) is 4.28. The predicted octanol–water partition coefficient (Wildman–Crippen LogP) is 2.71. The van der Waals surface area contributed by atoms with Crippen LogP contribution in [0.5, 0.6) is 0 Å². The maximum absolute atomic E-state index is 13.0. The van der Waals surface area contributed by atoms with E-state index in [0.29, 0.717) is 6.04 Å². The number of anilines is 1. The van der Waals surface area contributed by atoms with Crippen molar-refractivity contribution in [2.45, 2.75) is 39.8 Å². The minimum Gasteiger partial charge on any atom is -0.369 e. The molecule has 1 saturated heterocycles. The molecule has 1 aliphatic heterocycles. The number of nitrogens with zero attached hydrogens (tertiary/aromatic N) is 2. The molecule has 1 aliphatic rings. The van der Waals surface area contributed by atoms with Gasteiger partial charge in [0, 0.05) is 44.0 Å². The minimum absolute atomic E-state index is 0.155. The number of rotatable bonds is 3. The van der Waals surface area contributed by atoms with E-state index < -0.39 is 0 Å². The monoisotopic (exact) mass is 293 g/mol. The normalized spacial score (nSPS) is 20.4. The summed E-state index contributed by atoms with van der Waals surface area (Å²) < 4.78 is 13.0. The smallest absolute Gasteiger partial charge is 0.123 e. The first-order valence-corrected chi connectivity index (χ1v) is 7.79. The second-order valence-corrected chi connectivity index (χ2v) is 7.17. The standard InChI is InChI=1S/C17H28FN3/c1-13(19)16(17(2,3)4)21-11-9-20(10-12-21)15-7-5-14(18)6-8-15/h5-8,13,16H,9-12,19H2,1-4H3. The van der Waals surface area contributed by atoms with Crippen LogP contribution < -0.4 is 10.6 Å². The largest absolute Gasteiger partial charge is 0.369 e. The molecule has 1 heterocycles. The molecule has 0 aromatic heterocycles. The van der Waals surface area contributed by atoms with E-state index in [0.717, 1.165) is 31.9 Å². The van der Waals surface area contributed by atoms with Crippen molar-refractivity contribution in [2.75, 3.05) is 31.1 Å². The van der Waals surface area contributed by atoms with Gasteiger partial charge in [-0.15, -0.1) is 0 Å². The van der Waals surface area contributed by atoms with E-state index >= 15 is 0 Å². The number of hydrogen-bond acceptors (Lipinski definition) is 3. The zero-order valence-electron chi connectivity index (χ0n) is 13.6. The topological polar surface area (TPSA) is 32.5 Å². The Hall–Kier alpha value is -1.13. The van der Waals surface area contributed by atoms with Crippen molar-refractivity contribution < 1.29 is 4.39 Å². The van der Waals surface area contributed by atoms with Gasteiger partial charge < -0.3 is 10.6 Å². The van der Waals surface area contributed by atoms with E-state index in [2.05, 4.69) is 37.5 Å². The Morgan fingerprint density at radius 3 is 2.00 bits per heavy atom. The molecule has 0 aliphatic carbocycles. The van der Waals surface area contributed by atoms with Crippen LogP contribution in [0.25, 0.3) is 0 Å². The summed E-state index contributed by atoms with van der Waals surface area (Å²) in [6, 6.07) is 7.31. The molecule has 0 saturated carbocycles. The summed E-state index contributed by atoms with van der Waals surface area (Å²) in [6.45, 7) is 12.8. The lowest BCUT2D eigenvalue weighted by Gasteiger charge is -2.46. The first-order valence-electron chi connectivity index (χ1n) is 7.79. The van der Waals surface area contributed by atoms with Gasteiger partial charge in [0.05, 0.1) is 0 Å². The van der Waals surface area contributed by atoms with Crippen LogP contribution in [0, 0.1) is 11.2 Å². The molecule has 0 spiro atoms. The van der Waals surface area contributed by atoms with Crippen LogP contribution in [0.15, 0.2) is 24.3 Å². The lowest BCUT2D eigenvalue weighted by atomic mass is 9.81. The average molecular weight is 293 g/mol. The van der Waals surface area contributed by atoms with Crippen LogP contribution in [0.1, 0.15) is 27.7 Å². The van der Waals surface area contributed by atoms with Crippen LogP contribution in [0.3, 0.4) is 0 Å². The van der Waals surface area contributed by atoms with E-state index in [1.54, 1.807) is 0 Å². The van der Waals surface area contributed by atoms with Gasteiger partial charge in [0.15, 0.2) is 0 Å². The highest BCUT2D eigenvalue weighted by Gasteiger charge is 2.34. The average Bonchev–Trinajstić information content (AvgIpc) is 2.38. The molecule has 2 unspecified atom stereocenters. The molecule has 2 rings (SSSR count). The summed E-state index contributed by atoms with van der Waals surface area (Å²) in [7, 11) is 0. The summed E-state index contributed by atoms with van der Waals surface area (Å²) in [5, 5.41) is 0. The van der Waals surface area contributed by atoms with E-state index in [-0.39, 0.29) is 17.3 Å². The highest BCUT2D eigenvalue weighted by Crippen LogP contribution is 2.28. The van der Waals surface area contributed by atoms with Gasteiger partial charge in [-0.05, 0) is 36.6 Å². The Morgan fingerprint density at radius 2 is 1.57 bits per heavy atom. The van der Waals surface area contributed by atoms with Crippen LogP contribution in [-0.2, 0) is 0 Å². The molecule has 21 heavy (non-hydrogen) atoms. The Kier molecular flexibility index (Phi) is 4.89.